The molecule has 16 heavy (non-hydrogen) atoms. The lowest BCUT2D eigenvalue weighted by Crippen LogP contribution is -2.45. The van der Waals surface area contributed by atoms with E-state index in [-0.39, 0.29) is 17.9 Å². The van der Waals surface area contributed by atoms with Crippen LogP contribution in [0.25, 0.3) is 0 Å². The molecule has 1 saturated heterocycles. The lowest BCUT2D eigenvalue weighted by molar-refractivity contribution is -0.124. The molecule has 1 fully saturated rings. The van der Waals surface area contributed by atoms with E-state index in [1.165, 1.54) is 0 Å². The van der Waals surface area contributed by atoms with Gasteiger partial charge in [0.2, 0.25) is 5.91 Å². The molecule has 0 aromatic heterocycles. The zero-order valence-corrected chi connectivity index (χ0v) is 10.0. The molecule has 0 aromatic carbocycles. The number of carbonyl (C=O) groups excluding carboxylic acids is 2. The fourth-order valence-corrected chi connectivity index (χ4v) is 1.64. The van der Waals surface area contributed by atoms with Crippen molar-refractivity contribution in [1.82, 2.24) is 16.0 Å². The highest BCUT2D eigenvalue weighted by Gasteiger charge is 2.22. The van der Waals surface area contributed by atoms with E-state index in [0.29, 0.717) is 12.5 Å². The molecule has 0 spiro atoms. The molecule has 5 nitrogen and oxygen atoms in total. The molecule has 0 saturated carbocycles. The maximum Gasteiger partial charge on any atom is 0.321 e. The minimum Gasteiger partial charge on any atom is -0.338 e. The summed E-state index contributed by atoms with van der Waals surface area (Å²) in [5, 5.41) is 8.24. The normalized spacial score (nSPS) is 17.2. The smallest absolute Gasteiger partial charge is 0.321 e. The summed E-state index contributed by atoms with van der Waals surface area (Å²) in [6, 6.07) is -0.378. The van der Waals surface area contributed by atoms with Crippen molar-refractivity contribution in [2.75, 3.05) is 19.6 Å². The minimum absolute atomic E-state index is 0.0222. The highest BCUT2D eigenvalue weighted by molar-refractivity contribution is 5.95. The third kappa shape index (κ3) is 4.61. The van der Waals surface area contributed by atoms with E-state index < -0.39 is 0 Å². The van der Waals surface area contributed by atoms with Crippen LogP contribution in [0.3, 0.4) is 0 Å². The first-order valence-corrected chi connectivity index (χ1v) is 5.89. The van der Waals surface area contributed by atoms with E-state index in [1.807, 2.05) is 13.8 Å². The molecule has 0 aromatic rings. The highest BCUT2D eigenvalue weighted by atomic mass is 16.2. The molecule has 3 amide bonds. The molecule has 0 radical (unpaired) electrons. The van der Waals surface area contributed by atoms with Crippen LogP contribution >= 0.6 is 0 Å². The van der Waals surface area contributed by atoms with Gasteiger partial charge in [-0.3, -0.25) is 10.1 Å². The van der Waals surface area contributed by atoms with Crippen LogP contribution in [0.2, 0.25) is 0 Å². The summed E-state index contributed by atoms with van der Waals surface area (Å²) in [5.74, 6) is 0.216. The molecule has 0 aliphatic carbocycles. The number of piperidine rings is 1. The van der Waals surface area contributed by atoms with Gasteiger partial charge in [-0.05, 0) is 31.8 Å². The van der Waals surface area contributed by atoms with Crippen molar-refractivity contribution in [3.63, 3.8) is 0 Å². The van der Waals surface area contributed by atoms with Crippen LogP contribution in [-0.2, 0) is 4.79 Å². The summed E-state index contributed by atoms with van der Waals surface area (Å²) < 4.78 is 0. The molecule has 0 unspecified atom stereocenters. The Morgan fingerprint density at radius 1 is 1.31 bits per heavy atom. The largest absolute Gasteiger partial charge is 0.338 e. The summed E-state index contributed by atoms with van der Waals surface area (Å²) >= 11 is 0. The van der Waals surface area contributed by atoms with Crippen LogP contribution in [0.4, 0.5) is 4.79 Å². The number of hydrogen-bond donors (Lipinski definition) is 3. The van der Waals surface area contributed by atoms with Crippen LogP contribution in [0.15, 0.2) is 0 Å². The Morgan fingerprint density at radius 3 is 2.50 bits per heavy atom. The van der Waals surface area contributed by atoms with Gasteiger partial charge in [0.15, 0.2) is 0 Å². The number of urea groups is 1. The van der Waals surface area contributed by atoms with Gasteiger partial charge in [-0.25, -0.2) is 4.79 Å². The second kappa shape index (κ2) is 6.48. The Balaban J connectivity index is 2.24. The summed E-state index contributed by atoms with van der Waals surface area (Å²) in [6.45, 7) is 6.31. The van der Waals surface area contributed by atoms with E-state index >= 15 is 0 Å². The van der Waals surface area contributed by atoms with Gasteiger partial charge < -0.3 is 10.6 Å². The van der Waals surface area contributed by atoms with Gasteiger partial charge in [-0.2, -0.15) is 0 Å². The lowest BCUT2D eigenvalue weighted by Gasteiger charge is -2.21. The standard InChI is InChI=1S/C11H21N3O2/c1-8(2)7-13-11(16)14-10(15)9-3-5-12-6-4-9/h8-9,12H,3-7H2,1-2H3,(H2,13,14,15,16). The van der Waals surface area contributed by atoms with Crippen molar-refractivity contribution < 1.29 is 9.59 Å². The minimum atomic E-state index is -0.378. The molecule has 0 bridgehead atoms. The maximum atomic E-state index is 11.7. The fourth-order valence-electron chi connectivity index (χ4n) is 1.64. The summed E-state index contributed by atoms with van der Waals surface area (Å²) in [4.78, 5) is 23.0. The molecular formula is C11H21N3O2. The number of hydrogen-bond acceptors (Lipinski definition) is 3. The number of nitrogens with one attached hydrogen (secondary N) is 3. The Hall–Kier alpha value is -1.10. The molecule has 0 atom stereocenters. The van der Waals surface area contributed by atoms with Crippen LogP contribution < -0.4 is 16.0 Å². The quantitative estimate of drug-likeness (QED) is 0.656. The zero-order chi connectivity index (χ0) is 12.0. The van der Waals surface area contributed by atoms with Gasteiger partial charge in [0.05, 0.1) is 0 Å². The number of carbonyl (C=O) groups is 2. The van der Waals surface area contributed by atoms with Gasteiger partial charge >= 0.3 is 6.03 Å². The predicted octanol–water partition coefficient (Wildman–Crippen LogP) is 0.468. The Bertz CT molecular complexity index is 248. The fraction of sp³-hybridized carbons (Fsp3) is 0.818. The van der Waals surface area contributed by atoms with E-state index in [9.17, 15) is 9.59 Å². The Morgan fingerprint density at radius 2 is 1.94 bits per heavy atom. The van der Waals surface area contributed by atoms with Crippen LogP contribution in [0, 0.1) is 11.8 Å². The average Bonchev–Trinajstić information content (AvgIpc) is 2.27. The first kappa shape index (κ1) is 13.0. The van der Waals surface area contributed by atoms with Crippen molar-refractivity contribution in [3.05, 3.63) is 0 Å². The van der Waals surface area contributed by atoms with Gasteiger partial charge in [-0.1, -0.05) is 13.8 Å². The molecule has 1 aliphatic heterocycles. The van der Waals surface area contributed by atoms with Crippen LogP contribution in [0.1, 0.15) is 26.7 Å². The highest BCUT2D eigenvalue weighted by Crippen LogP contribution is 2.10. The van der Waals surface area contributed by atoms with Crippen molar-refractivity contribution >= 4 is 11.9 Å². The number of amides is 3. The van der Waals surface area contributed by atoms with Crippen molar-refractivity contribution in [1.29, 1.82) is 0 Å². The predicted molar refractivity (Wildman–Crippen MR) is 62.0 cm³/mol. The first-order chi connectivity index (χ1) is 7.59. The van der Waals surface area contributed by atoms with E-state index in [0.717, 1.165) is 25.9 Å². The number of imide groups is 1. The monoisotopic (exact) mass is 227 g/mol. The second-order valence-electron chi connectivity index (χ2n) is 4.62. The average molecular weight is 227 g/mol. The van der Waals surface area contributed by atoms with Gasteiger partial charge in [0.25, 0.3) is 0 Å². The second-order valence-corrected chi connectivity index (χ2v) is 4.62. The Labute approximate surface area is 96.4 Å². The van der Waals surface area contributed by atoms with Gasteiger partial charge in [0.1, 0.15) is 0 Å². The molecule has 1 aliphatic rings. The molecule has 3 N–H and O–H groups in total. The van der Waals surface area contributed by atoms with Crippen molar-refractivity contribution in [2.24, 2.45) is 11.8 Å². The summed E-state index contributed by atoms with van der Waals surface area (Å²) in [7, 11) is 0. The molecule has 1 heterocycles. The third-order valence-electron chi connectivity index (χ3n) is 2.62. The number of rotatable bonds is 3. The molecular weight excluding hydrogens is 206 g/mol. The first-order valence-electron chi connectivity index (χ1n) is 5.89. The zero-order valence-electron chi connectivity index (χ0n) is 10.0. The third-order valence-corrected chi connectivity index (χ3v) is 2.62. The summed E-state index contributed by atoms with van der Waals surface area (Å²) in [6.07, 6.45) is 1.62. The van der Waals surface area contributed by atoms with Gasteiger partial charge in [-0.15, -0.1) is 0 Å². The van der Waals surface area contributed by atoms with E-state index in [4.69, 9.17) is 0 Å². The molecule has 5 heteroatoms. The van der Waals surface area contributed by atoms with Crippen molar-refractivity contribution in [3.8, 4) is 0 Å². The Kier molecular flexibility index (Phi) is 5.25. The van der Waals surface area contributed by atoms with Gasteiger partial charge in [0, 0.05) is 12.5 Å². The van der Waals surface area contributed by atoms with Crippen LogP contribution in [0.5, 0.6) is 0 Å². The summed E-state index contributed by atoms with van der Waals surface area (Å²) in [5.41, 5.74) is 0. The lowest BCUT2D eigenvalue weighted by atomic mass is 9.97. The van der Waals surface area contributed by atoms with Crippen molar-refractivity contribution in [2.45, 2.75) is 26.7 Å². The van der Waals surface area contributed by atoms with E-state index in [1.54, 1.807) is 0 Å². The molecule has 92 valence electrons. The topological polar surface area (TPSA) is 70.2 Å². The SMILES string of the molecule is CC(C)CNC(=O)NC(=O)C1CCNCC1. The van der Waals surface area contributed by atoms with Crippen LogP contribution in [-0.4, -0.2) is 31.6 Å². The maximum absolute atomic E-state index is 11.7. The molecule has 1 rings (SSSR count). The van der Waals surface area contributed by atoms with E-state index in [2.05, 4.69) is 16.0 Å².